The highest BCUT2D eigenvalue weighted by molar-refractivity contribution is 5.74. The van der Waals surface area contributed by atoms with Crippen LogP contribution in [0.1, 0.15) is 40.5 Å². The highest BCUT2D eigenvalue weighted by Gasteiger charge is 2.19. The molecule has 1 aromatic carbocycles. The van der Waals surface area contributed by atoms with Crippen molar-refractivity contribution in [3.8, 4) is 0 Å². The summed E-state index contributed by atoms with van der Waals surface area (Å²) in [5, 5.41) is 0. The fourth-order valence-electron chi connectivity index (χ4n) is 2.52. The van der Waals surface area contributed by atoms with Crippen LogP contribution in [0.5, 0.6) is 0 Å². The monoisotopic (exact) mass is 309 g/mol. The number of aldehydes is 1. The van der Waals surface area contributed by atoms with E-state index in [0.29, 0.717) is 12.1 Å². The number of carbonyl (C=O) groups excluding carboxylic acids is 1. The Balaban J connectivity index is 1.80. The molecule has 0 fully saturated rings. The zero-order valence-electron chi connectivity index (χ0n) is 12.9. The molecule has 1 unspecified atom stereocenters. The Hall–Kier alpha value is -2.73. The molecular weight excluding hydrogens is 290 g/mol. The highest BCUT2D eigenvalue weighted by Crippen LogP contribution is 2.21. The number of carbonyl (C=O) groups is 1. The maximum Gasteiger partial charge on any atom is 0.150 e. The molecule has 0 aliphatic carbocycles. The van der Waals surface area contributed by atoms with Crippen molar-refractivity contribution in [2.24, 2.45) is 0 Å². The number of rotatable bonds is 7. The minimum atomic E-state index is 0.112. The first-order valence-electron chi connectivity index (χ1n) is 7.52. The van der Waals surface area contributed by atoms with Crippen LogP contribution < -0.4 is 0 Å². The molecule has 0 aliphatic rings. The molecule has 3 aromatic rings. The van der Waals surface area contributed by atoms with Crippen LogP contribution in [0.4, 0.5) is 0 Å². The van der Waals surface area contributed by atoms with Crippen molar-refractivity contribution in [1.29, 1.82) is 0 Å². The maximum atomic E-state index is 10.8. The second kappa shape index (κ2) is 7.02. The van der Waals surface area contributed by atoms with Gasteiger partial charge in [-0.25, -0.2) is 9.97 Å². The van der Waals surface area contributed by atoms with Crippen molar-refractivity contribution in [2.45, 2.75) is 26.1 Å². The Kier molecular flexibility index (Phi) is 4.63. The summed E-state index contributed by atoms with van der Waals surface area (Å²) >= 11 is 0. The number of benzene rings is 1. The van der Waals surface area contributed by atoms with E-state index in [9.17, 15) is 4.79 Å². The van der Waals surface area contributed by atoms with Crippen molar-refractivity contribution < 1.29 is 4.79 Å². The summed E-state index contributed by atoms with van der Waals surface area (Å²) in [7, 11) is 0. The van der Waals surface area contributed by atoms with Gasteiger partial charge in [0.1, 0.15) is 17.9 Å². The molecule has 0 bridgehead atoms. The number of nitrogens with zero attached hydrogens (tertiary/aromatic N) is 3. The van der Waals surface area contributed by atoms with Crippen molar-refractivity contribution >= 4 is 6.29 Å². The van der Waals surface area contributed by atoms with Gasteiger partial charge in [0, 0.05) is 36.9 Å². The summed E-state index contributed by atoms with van der Waals surface area (Å²) in [5.74, 6) is 1.83. The SMILES string of the molecule is CC(c1ncc[nH]1)N(Cc1ccc(C=O)cc1)Cc1ncc[nH]1. The average Bonchev–Trinajstić information content (AvgIpc) is 3.28. The van der Waals surface area contributed by atoms with Gasteiger partial charge in [-0.1, -0.05) is 24.3 Å². The van der Waals surface area contributed by atoms with Gasteiger partial charge in [-0.3, -0.25) is 9.69 Å². The fraction of sp³-hybridized carbons (Fsp3) is 0.235. The Labute approximate surface area is 134 Å². The lowest BCUT2D eigenvalue weighted by molar-refractivity contribution is 0.112. The van der Waals surface area contributed by atoms with Gasteiger partial charge in [-0.15, -0.1) is 0 Å². The summed E-state index contributed by atoms with van der Waals surface area (Å²) in [6, 6.07) is 7.75. The van der Waals surface area contributed by atoms with Gasteiger partial charge < -0.3 is 9.97 Å². The molecule has 2 N–H and O–H groups in total. The van der Waals surface area contributed by atoms with Crippen molar-refractivity contribution in [1.82, 2.24) is 24.8 Å². The Morgan fingerprint density at radius 3 is 2.43 bits per heavy atom. The Morgan fingerprint density at radius 1 is 1.09 bits per heavy atom. The molecule has 118 valence electrons. The van der Waals surface area contributed by atoms with E-state index < -0.39 is 0 Å². The molecule has 23 heavy (non-hydrogen) atoms. The molecule has 1 atom stereocenters. The van der Waals surface area contributed by atoms with Crippen LogP contribution in [0, 0.1) is 0 Å². The van der Waals surface area contributed by atoms with Gasteiger partial charge in [0.25, 0.3) is 0 Å². The fourth-order valence-corrected chi connectivity index (χ4v) is 2.52. The van der Waals surface area contributed by atoms with Crippen LogP contribution in [0.15, 0.2) is 49.1 Å². The minimum absolute atomic E-state index is 0.112. The summed E-state index contributed by atoms with van der Waals surface area (Å²) < 4.78 is 0. The third-order valence-corrected chi connectivity index (χ3v) is 3.87. The molecule has 0 radical (unpaired) electrons. The predicted molar refractivity (Wildman–Crippen MR) is 86.7 cm³/mol. The Bertz CT molecular complexity index is 719. The van der Waals surface area contributed by atoms with Gasteiger partial charge in [-0.05, 0) is 12.5 Å². The maximum absolute atomic E-state index is 10.8. The lowest BCUT2D eigenvalue weighted by Crippen LogP contribution is -2.27. The summed E-state index contributed by atoms with van der Waals surface area (Å²) in [6.07, 6.45) is 8.02. The van der Waals surface area contributed by atoms with E-state index in [-0.39, 0.29) is 6.04 Å². The van der Waals surface area contributed by atoms with E-state index in [1.54, 1.807) is 12.4 Å². The van der Waals surface area contributed by atoms with E-state index in [1.807, 2.05) is 36.7 Å². The minimum Gasteiger partial charge on any atom is -0.348 e. The van der Waals surface area contributed by atoms with E-state index in [0.717, 1.165) is 30.0 Å². The van der Waals surface area contributed by atoms with E-state index >= 15 is 0 Å². The lowest BCUT2D eigenvalue weighted by Gasteiger charge is -2.27. The summed E-state index contributed by atoms with van der Waals surface area (Å²) in [4.78, 5) is 28.0. The number of hydrogen-bond donors (Lipinski definition) is 2. The van der Waals surface area contributed by atoms with Gasteiger partial charge in [0.05, 0.1) is 12.6 Å². The van der Waals surface area contributed by atoms with Crippen molar-refractivity contribution in [3.63, 3.8) is 0 Å². The van der Waals surface area contributed by atoms with E-state index in [1.165, 1.54) is 0 Å². The van der Waals surface area contributed by atoms with E-state index in [4.69, 9.17) is 0 Å². The van der Waals surface area contributed by atoms with Crippen LogP contribution in [0.25, 0.3) is 0 Å². The number of aromatic amines is 2. The number of aromatic nitrogens is 4. The van der Waals surface area contributed by atoms with Crippen LogP contribution in [-0.2, 0) is 13.1 Å². The Morgan fingerprint density at radius 2 is 1.83 bits per heavy atom. The first-order chi connectivity index (χ1) is 11.3. The molecule has 3 rings (SSSR count). The summed E-state index contributed by atoms with van der Waals surface area (Å²) in [6.45, 7) is 3.54. The lowest BCUT2D eigenvalue weighted by atomic mass is 10.1. The molecule has 0 saturated heterocycles. The van der Waals surface area contributed by atoms with E-state index in [2.05, 4.69) is 31.8 Å². The van der Waals surface area contributed by atoms with Gasteiger partial charge in [0.2, 0.25) is 0 Å². The summed E-state index contributed by atoms with van der Waals surface area (Å²) in [5.41, 5.74) is 1.82. The van der Waals surface area contributed by atoms with Gasteiger partial charge in [-0.2, -0.15) is 0 Å². The molecule has 0 saturated carbocycles. The van der Waals surface area contributed by atoms with Crippen LogP contribution >= 0.6 is 0 Å². The molecular formula is C17H19N5O. The standard InChI is InChI=1S/C17H19N5O/c1-13(17-20-8-9-21-17)22(11-16-18-6-7-19-16)10-14-2-4-15(12-23)5-3-14/h2-9,12-13H,10-11H2,1H3,(H,18,19)(H,20,21). The molecule has 0 amide bonds. The number of imidazole rings is 2. The molecule has 0 spiro atoms. The number of H-pyrrole nitrogens is 2. The second-order valence-electron chi connectivity index (χ2n) is 5.45. The zero-order chi connectivity index (χ0) is 16.1. The molecule has 6 heteroatoms. The number of nitrogens with one attached hydrogen (secondary N) is 2. The first-order valence-corrected chi connectivity index (χ1v) is 7.52. The smallest absolute Gasteiger partial charge is 0.150 e. The third-order valence-electron chi connectivity index (χ3n) is 3.87. The highest BCUT2D eigenvalue weighted by atomic mass is 16.1. The zero-order valence-corrected chi connectivity index (χ0v) is 12.9. The normalized spacial score (nSPS) is 12.4. The molecule has 2 heterocycles. The number of hydrogen-bond acceptors (Lipinski definition) is 4. The van der Waals surface area contributed by atoms with Crippen LogP contribution in [-0.4, -0.2) is 31.1 Å². The van der Waals surface area contributed by atoms with Crippen LogP contribution in [0.3, 0.4) is 0 Å². The predicted octanol–water partition coefficient (Wildman–Crippen LogP) is 2.71. The largest absolute Gasteiger partial charge is 0.348 e. The van der Waals surface area contributed by atoms with Crippen LogP contribution in [0.2, 0.25) is 0 Å². The molecule has 6 nitrogen and oxygen atoms in total. The molecule has 2 aromatic heterocycles. The molecule has 0 aliphatic heterocycles. The second-order valence-corrected chi connectivity index (χ2v) is 5.45. The third kappa shape index (κ3) is 3.73. The first kappa shape index (κ1) is 15.2. The van der Waals surface area contributed by atoms with Gasteiger partial charge >= 0.3 is 0 Å². The quantitative estimate of drug-likeness (QED) is 0.658. The van der Waals surface area contributed by atoms with Crippen molar-refractivity contribution in [2.75, 3.05) is 0 Å². The van der Waals surface area contributed by atoms with Gasteiger partial charge in [0.15, 0.2) is 0 Å². The van der Waals surface area contributed by atoms with Crippen molar-refractivity contribution in [3.05, 3.63) is 71.8 Å². The average molecular weight is 309 g/mol. The topological polar surface area (TPSA) is 77.7 Å².